The van der Waals surface area contributed by atoms with Crippen LogP contribution in [0.1, 0.15) is 16.7 Å². The third-order valence-corrected chi connectivity index (χ3v) is 4.55. The zero-order valence-electron chi connectivity index (χ0n) is 14.5. The highest BCUT2D eigenvalue weighted by molar-refractivity contribution is 7.99. The molecule has 0 aliphatic carbocycles. The Labute approximate surface area is 151 Å². The molecule has 2 aromatic rings. The Hall–Kier alpha value is -2.54. The van der Waals surface area contributed by atoms with Crippen molar-refractivity contribution in [2.24, 2.45) is 0 Å². The van der Waals surface area contributed by atoms with Crippen LogP contribution >= 0.6 is 11.8 Å². The van der Waals surface area contributed by atoms with Crippen LogP contribution in [0.25, 0.3) is 0 Å². The van der Waals surface area contributed by atoms with Gasteiger partial charge in [-0.25, -0.2) is 0 Å². The minimum atomic E-state index is -0.304. The number of aromatic nitrogens is 1. The number of rotatable bonds is 6. The first-order valence-electron chi connectivity index (χ1n) is 7.82. The molecule has 0 fully saturated rings. The highest BCUT2D eigenvalue weighted by Gasteiger charge is 2.12. The van der Waals surface area contributed by atoms with Crippen molar-refractivity contribution in [3.63, 3.8) is 0 Å². The molecular weight excluding hydrogens is 338 g/mol. The highest BCUT2D eigenvalue weighted by atomic mass is 32.2. The number of pyridine rings is 1. The fourth-order valence-corrected chi connectivity index (χ4v) is 3.20. The van der Waals surface area contributed by atoms with Gasteiger partial charge in [0, 0.05) is 17.8 Å². The molecule has 132 valence electrons. The summed E-state index contributed by atoms with van der Waals surface area (Å²) in [5.41, 5.74) is 3.87. The van der Waals surface area contributed by atoms with Gasteiger partial charge in [0.25, 0.3) is 5.03 Å². The zero-order valence-corrected chi connectivity index (χ0v) is 15.3. The van der Waals surface area contributed by atoms with Crippen LogP contribution in [0.4, 0.5) is 5.69 Å². The van der Waals surface area contributed by atoms with E-state index < -0.39 is 0 Å². The monoisotopic (exact) mass is 359 g/mol. The number of carbonyl (C=O) groups is 2. The summed E-state index contributed by atoms with van der Waals surface area (Å²) in [5, 5.41) is 17.3. The molecule has 0 saturated carbocycles. The number of nitrogens with zero attached hydrogens (tertiary/aromatic N) is 1. The second kappa shape index (κ2) is 8.53. The number of benzene rings is 1. The van der Waals surface area contributed by atoms with E-state index in [1.807, 2.05) is 32.9 Å². The van der Waals surface area contributed by atoms with Gasteiger partial charge in [0.05, 0.1) is 12.3 Å². The maximum atomic E-state index is 12.0. The summed E-state index contributed by atoms with van der Waals surface area (Å²) in [6.45, 7) is 5.76. The third-order valence-electron chi connectivity index (χ3n) is 3.53. The molecule has 0 unspecified atom stereocenters. The second-order valence-corrected chi connectivity index (χ2v) is 6.75. The molecule has 2 rings (SSSR count). The molecule has 0 saturated heterocycles. The number of aryl methyl sites for hydroxylation is 3. The van der Waals surface area contributed by atoms with Crippen LogP contribution in [0.15, 0.2) is 41.6 Å². The van der Waals surface area contributed by atoms with E-state index >= 15 is 0 Å². The van der Waals surface area contributed by atoms with Gasteiger partial charge in [-0.05, 0) is 49.7 Å². The maximum absolute atomic E-state index is 12.0. The van der Waals surface area contributed by atoms with Gasteiger partial charge in [-0.2, -0.15) is 4.73 Å². The summed E-state index contributed by atoms with van der Waals surface area (Å²) in [6, 6.07) is 8.98. The normalized spacial score (nSPS) is 10.4. The predicted octanol–water partition coefficient (Wildman–Crippen LogP) is 2.09. The van der Waals surface area contributed by atoms with Crippen LogP contribution in [0.3, 0.4) is 0 Å². The molecular formula is C18H21N3O3S. The van der Waals surface area contributed by atoms with E-state index in [0.717, 1.165) is 34.1 Å². The van der Waals surface area contributed by atoms with Crippen LogP contribution in [0.2, 0.25) is 0 Å². The Balaban J connectivity index is 1.82. The van der Waals surface area contributed by atoms with Crippen molar-refractivity contribution in [3.8, 4) is 0 Å². The summed E-state index contributed by atoms with van der Waals surface area (Å²) in [7, 11) is 0. The molecule has 25 heavy (non-hydrogen) atoms. The molecule has 0 bridgehead atoms. The minimum Gasteiger partial charge on any atom is -0.618 e. The molecule has 1 aromatic carbocycles. The SMILES string of the molecule is Cc1cc(C)c(NC(=O)CNC(=O)CSc2cccc[n+]2[O-])c(C)c1. The van der Waals surface area contributed by atoms with Crippen LogP contribution in [0.5, 0.6) is 0 Å². The first-order chi connectivity index (χ1) is 11.9. The summed E-state index contributed by atoms with van der Waals surface area (Å²) in [5.74, 6) is -0.518. The summed E-state index contributed by atoms with van der Waals surface area (Å²) >= 11 is 1.12. The van der Waals surface area contributed by atoms with Gasteiger partial charge >= 0.3 is 0 Å². The molecule has 2 N–H and O–H groups in total. The van der Waals surface area contributed by atoms with Crippen molar-refractivity contribution < 1.29 is 14.3 Å². The van der Waals surface area contributed by atoms with Crippen molar-refractivity contribution in [1.29, 1.82) is 0 Å². The number of nitrogens with one attached hydrogen (secondary N) is 2. The average molecular weight is 359 g/mol. The summed E-state index contributed by atoms with van der Waals surface area (Å²) < 4.78 is 0.702. The molecule has 0 aliphatic heterocycles. The fraction of sp³-hybridized carbons (Fsp3) is 0.278. The minimum absolute atomic E-state index is 0.0715. The molecule has 2 amide bonds. The highest BCUT2D eigenvalue weighted by Crippen LogP contribution is 2.21. The van der Waals surface area contributed by atoms with Crippen LogP contribution in [-0.4, -0.2) is 24.1 Å². The lowest BCUT2D eigenvalue weighted by molar-refractivity contribution is -0.645. The lowest BCUT2D eigenvalue weighted by Gasteiger charge is -2.13. The van der Waals surface area contributed by atoms with E-state index in [1.54, 1.807) is 18.2 Å². The van der Waals surface area contributed by atoms with Crippen molar-refractivity contribution in [1.82, 2.24) is 5.32 Å². The fourth-order valence-electron chi connectivity index (χ4n) is 2.45. The van der Waals surface area contributed by atoms with Gasteiger partial charge in [0.2, 0.25) is 11.8 Å². The van der Waals surface area contributed by atoms with Crippen LogP contribution in [-0.2, 0) is 9.59 Å². The predicted molar refractivity (Wildman–Crippen MR) is 98.4 cm³/mol. The molecule has 7 heteroatoms. The first kappa shape index (κ1) is 18.8. The Morgan fingerprint density at radius 1 is 1.12 bits per heavy atom. The second-order valence-electron chi connectivity index (χ2n) is 5.75. The Morgan fingerprint density at radius 2 is 1.80 bits per heavy atom. The van der Waals surface area contributed by atoms with Crippen molar-refractivity contribution in [3.05, 3.63) is 58.4 Å². The zero-order chi connectivity index (χ0) is 18.4. The Bertz CT molecular complexity index is 770. The van der Waals surface area contributed by atoms with Crippen molar-refractivity contribution in [2.45, 2.75) is 25.8 Å². The average Bonchev–Trinajstić information content (AvgIpc) is 2.55. The third kappa shape index (κ3) is 5.49. The standard InChI is InChI=1S/C18H21N3O3S/c1-12-8-13(2)18(14(3)9-12)20-15(22)10-19-16(23)11-25-17-6-4-5-7-21(17)24/h4-9H,10-11H2,1-3H3,(H,19,23)(H,20,22). The number of amides is 2. The number of carbonyl (C=O) groups excluding carboxylic acids is 2. The molecule has 0 spiro atoms. The molecule has 1 aromatic heterocycles. The smallest absolute Gasteiger partial charge is 0.251 e. The van der Waals surface area contributed by atoms with E-state index in [4.69, 9.17) is 0 Å². The van der Waals surface area contributed by atoms with Crippen molar-refractivity contribution >= 4 is 29.3 Å². The van der Waals surface area contributed by atoms with Crippen LogP contribution < -0.4 is 15.4 Å². The summed E-state index contributed by atoms with van der Waals surface area (Å²) in [6.07, 6.45) is 1.37. The van der Waals surface area contributed by atoms with Gasteiger partial charge in [0.1, 0.15) is 0 Å². The van der Waals surface area contributed by atoms with Crippen molar-refractivity contribution in [2.75, 3.05) is 17.6 Å². The maximum Gasteiger partial charge on any atom is 0.251 e. The molecule has 0 radical (unpaired) electrons. The van der Waals surface area contributed by atoms with E-state index in [9.17, 15) is 14.8 Å². The van der Waals surface area contributed by atoms with Gasteiger partial charge in [0.15, 0.2) is 6.20 Å². The molecule has 0 atom stereocenters. The van der Waals surface area contributed by atoms with Crippen LogP contribution in [0, 0.1) is 26.0 Å². The molecule has 1 heterocycles. The first-order valence-corrected chi connectivity index (χ1v) is 8.81. The van der Waals surface area contributed by atoms with Gasteiger partial charge < -0.3 is 15.8 Å². The number of thioether (sulfide) groups is 1. The number of hydrogen-bond donors (Lipinski definition) is 2. The summed E-state index contributed by atoms with van der Waals surface area (Å²) in [4.78, 5) is 23.9. The van der Waals surface area contributed by atoms with E-state index in [1.165, 1.54) is 6.20 Å². The van der Waals surface area contributed by atoms with Gasteiger partial charge in [-0.15, -0.1) is 0 Å². The lowest BCUT2D eigenvalue weighted by atomic mass is 10.1. The largest absolute Gasteiger partial charge is 0.618 e. The van der Waals surface area contributed by atoms with E-state index in [2.05, 4.69) is 10.6 Å². The topological polar surface area (TPSA) is 85.1 Å². The van der Waals surface area contributed by atoms with Gasteiger partial charge in [-0.3, -0.25) is 9.59 Å². The number of hydrogen-bond acceptors (Lipinski definition) is 4. The van der Waals surface area contributed by atoms with Gasteiger partial charge in [-0.1, -0.05) is 17.7 Å². The molecule has 0 aliphatic rings. The van der Waals surface area contributed by atoms with E-state index in [0.29, 0.717) is 9.76 Å². The molecule has 6 nitrogen and oxygen atoms in total. The number of anilines is 1. The Kier molecular flexibility index (Phi) is 6.41. The Morgan fingerprint density at radius 3 is 2.44 bits per heavy atom. The lowest BCUT2D eigenvalue weighted by Crippen LogP contribution is -2.35. The van der Waals surface area contributed by atoms with E-state index in [-0.39, 0.29) is 24.1 Å². The quantitative estimate of drug-likeness (QED) is 0.470.